The van der Waals surface area contributed by atoms with Gasteiger partial charge in [0.25, 0.3) is 0 Å². The van der Waals surface area contributed by atoms with E-state index < -0.39 is 58.1 Å². The van der Waals surface area contributed by atoms with Gasteiger partial charge in [-0.3, -0.25) is 0 Å². The van der Waals surface area contributed by atoms with Gasteiger partial charge in [0.2, 0.25) is 34.8 Å². The second kappa shape index (κ2) is 6.34. The van der Waals surface area contributed by atoms with Gasteiger partial charge in [0.1, 0.15) is 0 Å². The Bertz CT molecular complexity index is 829. The molecule has 0 amide bonds. The minimum absolute atomic E-state index is 0.0424. The summed E-state index contributed by atoms with van der Waals surface area (Å²) in [6, 6.07) is 1.90. The topological polar surface area (TPSA) is 26.3 Å². The van der Waals surface area contributed by atoms with Gasteiger partial charge in [-0.05, 0) is 30.7 Å². The van der Waals surface area contributed by atoms with Crippen LogP contribution in [-0.4, -0.2) is 5.97 Å². The van der Waals surface area contributed by atoms with Crippen molar-refractivity contribution in [2.45, 2.75) is 13.1 Å². The lowest BCUT2D eigenvalue weighted by molar-refractivity contribution is -0.137. The van der Waals surface area contributed by atoms with E-state index in [4.69, 9.17) is 0 Å². The molecule has 2 aromatic rings. The fourth-order valence-electron chi connectivity index (χ4n) is 1.89. The van der Waals surface area contributed by atoms with Crippen molar-refractivity contribution >= 4 is 5.97 Å². The molecule has 2 aromatic carbocycles. The number of carbonyl (C=O) groups excluding carboxylic acids is 1. The van der Waals surface area contributed by atoms with Crippen LogP contribution >= 0.6 is 0 Å². The van der Waals surface area contributed by atoms with Crippen molar-refractivity contribution in [2.24, 2.45) is 0 Å². The number of ether oxygens (including phenoxy) is 1. The summed E-state index contributed by atoms with van der Waals surface area (Å²) >= 11 is 0. The summed E-state index contributed by atoms with van der Waals surface area (Å²) in [6.45, 7) is 1.20. The molecule has 0 aromatic heterocycles. The maximum atomic E-state index is 13.4. The smallest absolute Gasteiger partial charge is 0.416 e. The number of esters is 1. The van der Waals surface area contributed by atoms with Gasteiger partial charge in [0.05, 0.1) is 11.1 Å². The lowest BCUT2D eigenvalue weighted by Crippen LogP contribution is -2.15. The van der Waals surface area contributed by atoms with E-state index in [1.807, 2.05) is 0 Å². The molecule has 2 nitrogen and oxygen atoms in total. The third-order valence-corrected chi connectivity index (χ3v) is 3.00. The summed E-state index contributed by atoms with van der Waals surface area (Å²) in [5.74, 6) is -15.7. The molecule has 0 saturated heterocycles. The van der Waals surface area contributed by atoms with Crippen LogP contribution in [0.15, 0.2) is 18.2 Å². The lowest BCUT2D eigenvalue weighted by Gasteiger charge is -2.11. The molecule has 0 aliphatic carbocycles. The van der Waals surface area contributed by atoms with Gasteiger partial charge < -0.3 is 4.74 Å². The van der Waals surface area contributed by atoms with Crippen molar-refractivity contribution in [3.05, 3.63) is 64.0 Å². The summed E-state index contributed by atoms with van der Waals surface area (Å²) in [7, 11) is 0. The quantitative estimate of drug-likeness (QED) is 0.246. The fourth-order valence-corrected chi connectivity index (χ4v) is 1.89. The van der Waals surface area contributed by atoms with Gasteiger partial charge in [-0.1, -0.05) is 0 Å². The highest BCUT2D eigenvalue weighted by molar-refractivity contribution is 5.91. The van der Waals surface area contributed by atoms with E-state index in [-0.39, 0.29) is 5.56 Å². The number of carbonyl (C=O) groups is 1. The molecule has 0 atom stereocenters. The van der Waals surface area contributed by atoms with Crippen LogP contribution in [0.2, 0.25) is 0 Å². The van der Waals surface area contributed by atoms with Crippen LogP contribution in [-0.2, 0) is 6.18 Å². The SMILES string of the molecule is Cc1cc(C(=O)Oc2c(F)c(F)c(F)c(F)c2F)cc(C(F)(F)F)c1. The van der Waals surface area contributed by atoms with Gasteiger partial charge in [-0.15, -0.1) is 0 Å². The molecule has 25 heavy (non-hydrogen) atoms. The van der Waals surface area contributed by atoms with E-state index in [1.165, 1.54) is 6.92 Å². The second-order valence-electron chi connectivity index (χ2n) is 4.87. The Labute approximate surface area is 134 Å². The summed E-state index contributed by atoms with van der Waals surface area (Å²) in [4.78, 5) is 11.8. The summed E-state index contributed by atoms with van der Waals surface area (Å²) in [5.41, 5.74) is -2.08. The Balaban J connectivity index is 2.47. The third-order valence-electron chi connectivity index (χ3n) is 3.00. The molecular weight excluding hydrogens is 364 g/mol. The molecule has 0 bridgehead atoms. The number of hydrogen-bond acceptors (Lipinski definition) is 2. The molecule has 134 valence electrons. The van der Waals surface area contributed by atoms with Crippen molar-refractivity contribution in [3.63, 3.8) is 0 Å². The normalized spacial score (nSPS) is 11.6. The van der Waals surface area contributed by atoms with Crippen molar-refractivity contribution in [3.8, 4) is 5.75 Å². The average Bonchev–Trinajstić information content (AvgIpc) is 2.53. The van der Waals surface area contributed by atoms with E-state index in [0.717, 1.165) is 6.07 Å². The molecule has 0 saturated carbocycles. The lowest BCUT2D eigenvalue weighted by atomic mass is 10.1. The first-order valence-electron chi connectivity index (χ1n) is 6.36. The molecule has 0 fully saturated rings. The molecule has 0 heterocycles. The standard InChI is InChI=1S/C15H6F8O2/c1-5-2-6(4-7(3-5)15(21,22)23)14(24)25-13-11(19)9(17)8(16)10(18)12(13)20/h2-4H,1H3. The molecule has 0 aliphatic rings. The summed E-state index contributed by atoms with van der Waals surface area (Å²) in [6.07, 6.45) is -4.83. The maximum Gasteiger partial charge on any atom is 0.416 e. The number of rotatable bonds is 2. The van der Waals surface area contributed by atoms with Gasteiger partial charge in [0, 0.05) is 0 Å². The number of aryl methyl sites for hydroxylation is 1. The molecule has 0 unspecified atom stereocenters. The van der Waals surface area contributed by atoms with Crippen LogP contribution in [0.4, 0.5) is 35.1 Å². The predicted octanol–water partition coefficient (Wildman–Crippen LogP) is 4.93. The van der Waals surface area contributed by atoms with Gasteiger partial charge in [-0.25, -0.2) is 18.0 Å². The average molecular weight is 370 g/mol. The second-order valence-corrected chi connectivity index (χ2v) is 4.87. The highest BCUT2D eigenvalue weighted by Gasteiger charge is 2.33. The first kappa shape index (κ1) is 18.7. The highest BCUT2D eigenvalue weighted by Crippen LogP contribution is 2.32. The number of alkyl halides is 3. The number of hydrogen-bond donors (Lipinski definition) is 0. The van der Waals surface area contributed by atoms with Crippen LogP contribution in [0.3, 0.4) is 0 Å². The van der Waals surface area contributed by atoms with Gasteiger partial charge in [0.15, 0.2) is 0 Å². The summed E-state index contributed by atoms with van der Waals surface area (Å²) < 4.78 is 108. The van der Waals surface area contributed by atoms with Crippen LogP contribution in [0.5, 0.6) is 5.75 Å². The monoisotopic (exact) mass is 370 g/mol. The Morgan fingerprint density at radius 3 is 1.80 bits per heavy atom. The first-order chi connectivity index (χ1) is 11.4. The number of halogens is 8. The molecule has 0 spiro atoms. The van der Waals surface area contributed by atoms with Crippen molar-refractivity contribution in [2.75, 3.05) is 0 Å². The van der Waals surface area contributed by atoms with Gasteiger partial charge >= 0.3 is 12.1 Å². The van der Waals surface area contributed by atoms with Crippen molar-refractivity contribution in [1.82, 2.24) is 0 Å². The van der Waals surface area contributed by atoms with E-state index in [0.29, 0.717) is 12.1 Å². The van der Waals surface area contributed by atoms with E-state index >= 15 is 0 Å². The fraction of sp³-hybridized carbons (Fsp3) is 0.133. The Kier molecular flexibility index (Phi) is 4.74. The molecule has 2 rings (SSSR count). The number of benzene rings is 2. The zero-order chi connectivity index (χ0) is 19.1. The molecular formula is C15H6F8O2. The van der Waals surface area contributed by atoms with E-state index in [9.17, 15) is 39.9 Å². The Hall–Kier alpha value is -2.65. The van der Waals surface area contributed by atoms with Crippen LogP contribution < -0.4 is 4.74 Å². The molecule has 0 aliphatic heterocycles. The molecule has 0 N–H and O–H groups in total. The van der Waals surface area contributed by atoms with E-state index in [2.05, 4.69) is 4.74 Å². The zero-order valence-electron chi connectivity index (χ0n) is 12.1. The van der Waals surface area contributed by atoms with Crippen LogP contribution in [0.25, 0.3) is 0 Å². The van der Waals surface area contributed by atoms with Crippen molar-refractivity contribution in [1.29, 1.82) is 0 Å². The zero-order valence-corrected chi connectivity index (χ0v) is 12.1. The molecule has 10 heteroatoms. The van der Waals surface area contributed by atoms with E-state index in [1.54, 1.807) is 0 Å². The minimum Gasteiger partial charge on any atom is -0.416 e. The van der Waals surface area contributed by atoms with Gasteiger partial charge in [-0.2, -0.15) is 22.0 Å². The largest absolute Gasteiger partial charge is 0.416 e. The molecule has 0 radical (unpaired) electrons. The maximum absolute atomic E-state index is 13.4. The predicted molar refractivity (Wildman–Crippen MR) is 67.4 cm³/mol. The van der Waals surface area contributed by atoms with Crippen LogP contribution in [0.1, 0.15) is 21.5 Å². The van der Waals surface area contributed by atoms with Crippen LogP contribution in [0, 0.1) is 36.0 Å². The summed E-state index contributed by atoms with van der Waals surface area (Å²) in [5, 5.41) is 0. The van der Waals surface area contributed by atoms with Crippen molar-refractivity contribution < 1.29 is 44.7 Å². The minimum atomic E-state index is -4.83. The Morgan fingerprint density at radius 2 is 1.32 bits per heavy atom. The first-order valence-corrected chi connectivity index (χ1v) is 6.36. The third kappa shape index (κ3) is 3.57. The Morgan fingerprint density at radius 1 is 0.840 bits per heavy atom. The highest BCUT2D eigenvalue weighted by atomic mass is 19.4.